The highest BCUT2D eigenvalue weighted by Crippen LogP contribution is 2.71. The molecule has 0 spiro atoms. The van der Waals surface area contributed by atoms with Crippen molar-refractivity contribution in [2.45, 2.75) is 59.3 Å². The van der Waals surface area contributed by atoms with E-state index in [2.05, 4.69) is 27.4 Å². The Morgan fingerprint density at radius 1 is 1.40 bits per heavy atom. The zero-order valence-corrected chi connectivity index (χ0v) is 10.7. The Morgan fingerprint density at radius 2 is 2.07 bits per heavy atom. The highest BCUT2D eigenvalue weighted by molar-refractivity contribution is 5.20. The Bertz CT molecular complexity index is 253. The summed E-state index contributed by atoms with van der Waals surface area (Å²) in [5, 5.41) is 0. The van der Waals surface area contributed by atoms with Gasteiger partial charge in [0.1, 0.15) is 0 Å². The van der Waals surface area contributed by atoms with Gasteiger partial charge in [0.05, 0.1) is 0 Å². The normalized spacial score (nSPS) is 42.7. The molecule has 2 aliphatic rings. The molecule has 0 radical (unpaired) electrons. The van der Waals surface area contributed by atoms with Gasteiger partial charge < -0.3 is 0 Å². The third-order valence-electron chi connectivity index (χ3n) is 5.01. The first-order valence-electron chi connectivity index (χ1n) is 6.83. The van der Waals surface area contributed by atoms with Crippen LogP contribution in [0.5, 0.6) is 0 Å². The van der Waals surface area contributed by atoms with Crippen LogP contribution in [-0.2, 0) is 0 Å². The van der Waals surface area contributed by atoms with E-state index in [1.165, 1.54) is 44.1 Å². The predicted molar refractivity (Wildman–Crippen MR) is 66.8 cm³/mol. The molecule has 0 aromatic heterocycles. The molecule has 0 aromatic carbocycles. The van der Waals surface area contributed by atoms with Crippen LogP contribution in [0.1, 0.15) is 59.3 Å². The van der Waals surface area contributed by atoms with Gasteiger partial charge in [-0.05, 0) is 48.9 Å². The summed E-state index contributed by atoms with van der Waals surface area (Å²) in [5.74, 6) is 2.92. The average Bonchev–Trinajstić information content (AvgIpc) is 3.10. The van der Waals surface area contributed by atoms with E-state index in [0.717, 1.165) is 23.2 Å². The maximum absolute atomic E-state index is 4.23. The van der Waals surface area contributed by atoms with Crippen LogP contribution < -0.4 is 0 Å². The lowest BCUT2D eigenvalue weighted by Crippen LogP contribution is -2.08. The molecule has 0 bridgehead atoms. The minimum atomic E-state index is 0.763. The largest absolute Gasteiger partial charge is 0.0996 e. The second-order valence-electron chi connectivity index (χ2n) is 5.90. The predicted octanol–water partition coefficient (Wildman–Crippen LogP) is 4.81. The van der Waals surface area contributed by atoms with E-state index >= 15 is 0 Å². The zero-order chi connectivity index (χ0) is 11.1. The van der Waals surface area contributed by atoms with Gasteiger partial charge in [0.25, 0.3) is 0 Å². The minimum Gasteiger partial charge on any atom is -0.0996 e. The molecular weight excluding hydrogens is 180 g/mol. The van der Waals surface area contributed by atoms with Crippen LogP contribution >= 0.6 is 0 Å². The van der Waals surface area contributed by atoms with Crippen molar-refractivity contribution in [1.82, 2.24) is 0 Å². The summed E-state index contributed by atoms with van der Waals surface area (Å²) in [4.78, 5) is 0. The highest BCUT2D eigenvalue weighted by Gasteiger charge is 2.63. The molecule has 2 rings (SSSR count). The zero-order valence-electron chi connectivity index (χ0n) is 10.7. The summed E-state index contributed by atoms with van der Waals surface area (Å²) in [6.07, 6.45) is 8.45. The minimum absolute atomic E-state index is 0.763. The van der Waals surface area contributed by atoms with E-state index in [9.17, 15) is 0 Å². The first-order chi connectivity index (χ1) is 7.15. The molecule has 2 saturated carbocycles. The van der Waals surface area contributed by atoms with Gasteiger partial charge in [0.15, 0.2) is 0 Å². The Balaban J connectivity index is 1.90. The quantitative estimate of drug-likeness (QED) is 0.547. The van der Waals surface area contributed by atoms with E-state index in [1.54, 1.807) is 0 Å². The molecule has 4 unspecified atom stereocenters. The number of rotatable bonds is 6. The van der Waals surface area contributed by atoms with Crippen LogP contribution in [0.3, 0.4) is 0 Å². The summed E-state index contributed by atoms with van der Waals surface area (Å²) < 4.78 is 0. The summed E-state index contributed by atoms with van der Waals surface area (Å²) in [6, 6.07) is 0. The summed E-state index contributed by atoms with van der Waals surface area (Å²) in [7, 11) is 0. The Labute approximate surface area is 95.1 Å². The molecule has 86 valence electrons. The van der Waals surface area contributed by atoms with Crippen LogP contribution in [0.4, 0.5) is 0 Å². The van der Waals surface area contributed by atoms with Gasteiger partial charge in [0, 0.05) is 0 Å². The van der Waals surface area contributed by atoms with Crippen molar-refractivity contribution < 1.29 is 0 Å². The van der Waals surface area contributed by atoms with Crippen LogP contribution in [0.2, 0.25) is 0 Å². The molecule has 0 nitrogen and oxygen atoms in total. The number of allylic oxidation sites excluding steroid dienone is 1. The van der Waals surface area contributed by atoms with Gasteiger partial charge >= 0.3 is 0 Å². The second-order valence-corrected chi connectivity index (χ2v) is 5.90. The number of hydrogen-bond donors (Lipinski definition) is 0. The topological polar surface area (TPSA) is 0 Å². The van der Waals surface area contributed by atoms with Crippen LogP contribution in [0.15, 0.2) is 12.2 Å². The lowest BCUT2D eigenvalue weighted by atomic mass is 9.88. The van der Waals surface area contributed by atoms with E-state index in [0.29, 0.717) is 0 Å². The lowest BCUT2D eigenvalue weighted by Gasteiger charge is -2.16. The smallest absolute Gasteiger partial charge is 0.0169 e. The van der Waals surface area contributed by atoms with Gasteiger partial charge in [-0.2, -0.15) is 0 Å². The van der Waals surface area contributed by atoms with E-state index < -0.39 is 0 Å². The Kier molecular flexibility index (Phi) is 2.96. The SMILES string of the molecule is C=C(CC)C1CC1C1(CCCC)CC1C. The number of unbranched alkanes of at least 4 members (excludes halogenated alkanes) is 1. The molecule has 0 aliphatic heterocycles. The third-order valence-corrected chi connectivity index (χ3v) is 5.01. The molecule has 2 fully saturated rings. The van der Waals surface area contributed by atoms with Crippen molar-refractivity contribution in [3.63, 3.8) is 0 Å². The summed E-state index contributed by atoms with van der Waals surface area (Å²) >= 11 is 0. The average molecular weight is 206 g/mol. The summed E-state index contributed by atoms with van der Waals surface area (Å²) in [6.45, 7) is 11.3. The molecule has 0 amide bonds. The lowest BCUT2D eigenvalue weighted by molar-refractivity contribution is 0.345. The van der Waals surface area contributed by atoms with Crippen molar-refractivity contribution in [3.8, 4) is 0 Å². The fraction of sp³-hybridized carbons (Fsp3) is 0.867. The van der Waals surface area contributed by atoms with Crippen LogP contribution in [-0.4, -0.2) is 0 Å². The summed E-state index contributed by atoms with van der Waals surface area (Å²) in [5.41, 5.74) is 2.29. The van der Waals surface area contributed by atoms with E-state index in [-0.39, 0.29) is 0 Å². The molecule has 2 aliphatic carbocycles. The van der Waals surface area contributed by atoms with Crippen molar-refractivity contribution in [2.75, 3.05) is 0 Å². The van der Waals surface area contributed by atoms with E-state index in [4.69, 9.17) is 0 Å². The van der Waals surface area contributed by atoms with Crippen molar-refractivity contribution in [3.05, 3.63) is 12.2 Å². The molecular formula is C15H26. The molecule has 0 aromatic rings. The molecule has 0 N–H and O–H groups in total. The van der Waals surface area contributed by atoms with Crippen molar-refractivity contribution in [1.29, 1.82) is 0 Å². The van der Waals surface area contributed by atoms with Gasteiger partial charge in [0.2, 0.25) is 0 Å². The fourth-order valence-corrected chi connectivity index (χ4v) is 3.61. The molecule has 15 heavy (non-hydrogen) atoms. The van der Waals surface area contributed by atoms with Crippen LogP contribution in [0.25, 0.3) is 0 Å². The van der Waals surface area contributed by atoms with Gasteiger partial charge in [-0.15, -0.1) is 0 Å². The van der Waals surface area contributed by atoms with Gasteiger partial charge in [-0.25, -0.2) is 0 Å². The molecule has 4 atom stereocenters. The van der Waals surface area contributed by atoms with Crippen molar-refractivity contribution in [2.24, 2.45) is 23.2 Å². The van der Waals surface area contributed by atoms with Crippen molar-refractivity contribution >= 4 is 0 Å². The first-order valence-corrected chi connectivity index (χ1v) is 6.83. The van der Waals surface area contributed by atoms with E-state index in [1.807, 2.05) is 0 Å². The first kappa shape index (κ1) is 11.2. The fourth-order valence-electron chi connectivity index (χ4n) is 3.61. The molecule has 0 heteroatoms. The maximum Gasteiger partial charge on any atom is -0.0169 e. The highest BCUT2D eigenvalue weighted by atomic mass is 14.7. The monoisotopic (exact) mass is 206 g/mol. The van der Waals surface area contributed by atoms with Gasteiger partial charge in [-0.3, -0.25) is 0 Å². The Hall–Kier alpha value is -0.260. The van der Waals surface area contributed by atoms with Crippen LogP contribution in [0, 0.1) is 23.2 Å². The van der Waals surface area contributed by atoms with Gasteiger partial charge in [-0.1, -0.05) is 45.8 Å². The Morgan fingerprint density at radius 3 is 2.53 bits per heavy atom. The molecule has 0 saturated heterocycles. The number of hydrogen-bond acceptors (Lipinski definition) is 0. The molecule has 0 heterocycles. The third kappa shape index (κ3) is 1.88. The maximum atomic E-state index is 4.23. The second kappa shape index (κ2) is 3.96. The standard InChI is InChI=1S/C15H26/c1-5-7-8-15(10-12(15)4)14-9-13(14)11(3)6-2/h12-14H,3,5-10H2,1-2,4H3.